The van der Waals surface area contributed by atoms with E-state index in [1.54, 1.807) is 0 Å². The van der Waals surface area contributed by atoms with Crippen molar-refractivity contribution in [2.75, 3.05) is 23.9 Å². The predicted octanol–water partition coefficient (Wildman–Crippen LogP) is 2.62. The molecule has 0 radical (unpaired) electrons. The summed E-state index contributed by atoms with van der Waals surface area (Å²) in [4.78, 5) is 2.17. The van der Waals surface area contributed by atoms with Crippen molar-refractivity contribution < 1.29 is 0 Å². The minimum Gasteiger partial charge on any atom is -0.371 e. The number of nitriles is 1. The average molecular weight is 209 g/mol. The third kappa shape index (κ3) is 2.65. The van der Waals surface area contributed by atoms with Crippen molar-refractivity contribution in [1.82, 2.24) is 0 Å². The molecular formula is C11H13ClN2. The fourth-order valence-electron chi connectivity index (χ4n) is 1.32. The molecular weight excluding hydrogens is 196 g/mol. The third-order valence-electron chi connectivity index (χ3n) is 2.10. The van der Waals surface area contributed by atoms with Gasteiger partial charge in [0, 0.05) is 24.7 Å². The van der Waals surface area contributed by atoms with Gasteiger partial charge in [-0.1, -0.05) is 0 Å². The standard InChI is InChI=1S/C11H13ClN2/c1-2-14(8-7-12)11-5-3-10(9-13)4-6-11/h3-6H,2,7-8H2,1H3. The summed E-state index contributed by atoms with van der Waals surface area (Å²) >= 11 is 5.69. The zero-order valence-corrected chi connectivity index (χ0v) is 8.96. The number of alkyl halides is 1. The van der Waals surface area contributed by atoms with Crippen molar-refractivity contribution in [3.63, 3.8) is 0 Å². The fraction of sp³-hybridized carbons (Fsp3) is 0.364. The van der Waals surface area contributed by atoms with E-state index in [1.807, 2.05) is 24.3 Å². The van der Waals surface area contributed by atoms with E-state index in [4.69, 9.17) is 16.9 Å². The topological polar surface area (TPSA) is 27.0 Å². The van der Waals surface area contributed by atoms with Gasteiger partial charge in [-0.3, -0.25) is 0 Å². The van der Waals surface area contributed by atoms with E-state index < -0.39 is 0 Å². The van der Waals surface area contributed by atoms with Gasteiger partial charge in [-0.05, 0) is 31.2 Å². The van der Waals surface area contributed by atoms with Crippen LogP contribution in [0, 0.1) is 11.3 Å². The van der Waals surface area contributed by atoms with Crippen LogP contribution in [0.3, 0.4) is 0 Å². The van der Waals surface area contributed by atoms with E-state index >= 15 is 0 Å². The molecule has 1 rings (SSSR count). The Kier molecular flexibility index (Phi) is 4.28. The smallest absolute Gasteiger partial charge is 0.0991 e. The number of anilines is 1. The van der Waals surface area contributed by atoms with Gasteiger partial charge in [0.25, 0.3) is 0 Å². The van der Waals surface area contributed by atoms with Gasteiger partial charge in [0.1, 0.15) is 0 Å². The minimum atomic E-state index is 0.619. The maximum absolute atomic E-state index is 8.64. The highest BCUT2D eigenvalue weighted by atomic mass is 35.5. The molecule has 0 heterocycles. The quantitative estimate of drug-likeness (QED) is 0.712. The van der Waals surface area contributed by atoms with Crippen molar-refractivity contribution in [3.8, 4) is 6.07 Å². The van der Waals surface area contributed by atoms with Crippen LogP contribution in [0.25, 0.3) is 0 Å². The normalized spacial score (nSPS) is 9.50. The second kappa shape index (κ2) is 5.51. The predicted molar refractivity (Wildman–Crippen MR) is 59.8 cm³/mol. The van der Waals surface area contributed by atoms with Gasteiger partial charge in [0.2, 0.25) is 0 Å². The Morgan fingerprint density at radius 3 is 2.43 bits per heavy atom. The van der Waals surface area contributed by atoms with Crippen molar-refractivity contribution in [2.24, 2.45) is 0 Å². The first kappa shape index (κ1) is 10.9. The zero-order valence-electron chi connectivity index (χ0n) is 8.20. The maximum atomic E-state index is 8.64. The van der Waals surface area contributed by atoms with Crippen LogP contribution in [0.15, 0.2) is 24.3 Å². The molecule has 0 saturated carbocycles. The SMILES string of the molecule is CCN(CCCl)c1ccc(C#N)cc1. The summed E-state index contributed by atoms with van der Waals surface area (Å²) < 4.78 is 0. The van der Waals surface area contributed by atoms with Gasteiger partial charge in [-0.2, -0.15) is 5.26 Å². The lowest BCUT2D eigenvalue weighted by Gasteiger charge is -2.21. The van der Waals surface area contributed by atoms with Crippen LogP contribution in [-0.2, 0) is 0 Å². The first-order valence-electron chi connectivity index (χ1n) is 4.63. The Morgan fingerprint density at radius 1 is 1.36 bits per heavy atom. The Labute approximate surface area is 89.7 Å². The van der Waals surface area contributed by atoms with E-state index in [0.717, 1.165) is 18.8 Å². The summed E-state index contributed by atoms with van der Waals surface area (Å²) in [5, 5.41) is 8.64. The molecule has 0 aliphatic heterocycles. The van der Waals surface area contributed by atoms with Crippen LogP contribution in [0.1, 0.15) is 12.5 Å². The molecule has 0 fully saturated rings. The molecule has 1 aromatic carbocycles. The molecule has 0 saturated heterocycles. The summed E-state index contributed by atoms with van der Waals surface area (Å²) in [5.41, 5.74) is 1.81. The molecule has 3 heteroatoms. The van der Waals surface area contributed by atoms with E-state index in [1.165, 1.54) is 0 Å². The van der Waals surface area contributed by atoms with Gasteiger partial charge < -0.3 is 4.90 Å². The van der Waals surface area contributed by atoms with Crippen LogP contribution in [0.5, 0.6) is 0 Å². The molecule has 0 aromatic heterocycles. The number of hydrogen-bond acceptors (Lipinski definition) is 2. The third-order valence-corrected chi connectivity index (χ3v) is 2.27. The van der Waals surface area contributed by atoms with Crippen LogP contribution >= 0.6 is 11.6 Å². The number of rotatable bonds is 4. The van der Waals surface area contributed by atoms with Gasteiger partial charge in [-0.15, -0.1) is 11.6 Å². The van der Waals surface area contributed by atoms with E-state index in [2.05, 4.69) is 17.9 Å². The highest BCUT2D eigenvalue weighted by molar-refractivity contribution is 6.18. The van der Waals surface area contributed by atoms with Crippen molar-refractivity contribution in [2.45, 2.75) is 6.92 Å². The molecule has 0 N–H and O–H groups in total. The van der Waals surface area contributed by atoms with Crippen LogP contribution in [0.2, 0.25) is 0 Å². The number of hydrogen-bond donors (Lipinski definition) is 0. The zero-order chi connectivity index (χ0) is 10.4. The highest BCUT2D eigenvalue weighted by Gasteiger charge is 2.02. The lowest BCUT2D eigenvalue weighted by Crippen LogP contribution is -2.24. The largest absolute Gasteiger partial charge is 0.371 e. The van der Waals surface area contributed by atoms with Crippen molar-refractivity contribution in [1.29, 1.82) is 5.26 Å². The monoisotopic (exact) mass is 208 g/mol. The molecule has 0 aliphatic rings. The van der Waals surface area contributed by atoms with Crippen molar-refractivity contribution in [3.05, 3.63) is 29.8 Å². The van der Waals surface area contributed by atoms with Crippen molar-refractivity contribution >= 4 is 17.3 Å². The molecule has 0 amide bonds. The molecule has 0 spiro atoms. The molecule has 14 heavy (non-hydrogen) atoms. The number of nitrogens with zero attached hydrogens (tertiary/aromatic N) is 2. The summed E-state index contributed by atoms with van der Waals surface area (Å²) in [7, 11) is 0. The molecule has 1 aromatic rings. The summed E-state index contributed by atoms with van der Waals surface area (Å²) in [6, 6.07) is 9.66. The Balaban J connectivity index is 2.79. The first-order valence-corrected chi connectivity index (χ1v) is 5.16. The maximum Gasteiger partial charge on any atom is 0.0991 e. The van der Waals surface area contributed by atoms with Crippen LogP contribution in [-0.4, -0.2) is 19.0 Å². The van der Waals surface area contributed by atoms with E-state index in [-0.39, 0.29) is 0 Å². The fourth-order valence-corrected chi connectivity index (χ4v) is 1.52. The van der Waals surface area contributed by atoms with Gasteiger partial charge >= 0.3 is 0 Å². The number of halogens is 1. The number of benzene rings is 1. The average Bonchev–Trinajstić information content (AvgIpc) is 2.26. The van der Waals surface area contributed by atoms with Crippen LogP contribution in [0.4, 0.5) is 5.69 Å². The molecule has 0 aliphatic carbocycles. The lowest BCUT2D eigenvalue weighted by atomic mass is 10.2. The second-order valence-corrected chi connectivity index (χ2v) is 3.31. The summed E-state index contributed by atoms with van der Waals surface area (Å²) in [5.74, 6) is 0.619. The molecule has 0 atom stereocenters. The Bertz CT molecular complexity index is 313. The summed E-state index contributed by atoms with van der Waals surface area (Å²) in [6.07, 6.45) is 0. The van der Waals surface area contributed by atoms with Gasteiger partial charge in [0.05, 0.1) is 11.6 Å². The Hall–Kier alpha value is -1.20. The minimum absolute atomic E-state index is 0.619. The molecule has 0 unspecified atom stereocenters. The second-order valence-electron chi connectivity index (χ2n) is 2.93. The first-order chi connectivity index (χ1) is 6.81. The molecule has 2 nitrogen and oxygen atoms in total. The van der Waals surface area contributed by atoms with E-state index in [0.29, 0.717) is 11.4 Å². The molecule has 74 valence electrons. The highest BCUT2D eigenvalue weighted by Crippen LogP contribution is 2.14. The van der Waals surface area contributed by atoms with Gasteiger partial charge in [-0.25, -0.2) is 0 Å². The summed E-state index contributed by atoms with van der Waals surface area (Å²) in [6.45, 7) is 3.85. The Morgan fingerprint density at radius 2 is 2.00 bits per heavy atom. The van der Waals surface area contributed by atoms with Gasteiger partial charge in [0.15, 0.2) is 0 Å². The molecule has 0 bridgehead atoms. The van der Waals surface area contributed by atoms with E-state index in [9.17, 15) is 0 Å². The lowest BCUT2D eigenvalue weighted by molar-refractivity contribution is 0.870. The van der Waals surface area contributed by atoms with Crippen LogP contribution < -0.4 is 4.90 Å².